The fourth-order valence-corrected chi connectivity index (χ4v) is 4.57. The number of amides is 2. The molecule has 0 aliphatic carbocycles. The molecule has 1 heterocycles. The zero-order chi connectivity index (χ0) is 30.2. The van der Waals surface area contributed by atoms with E-state index in [0.29, 0.717) is 51.2 Å². The van der Waals surface area contributed by atoms with Crippen molar-refractivity contribution in [1.82, 2.24) is 10.2 Å². The van der Waals surface area contributed by atoms with Crippen LogP contribution in [0.25, 0.3) is 0 Å². The first-order valence-electron chi connectivity index (χ1n) is 13.9. The van der Waals surface area contributed by atoms with E-state index in [-0.39, 0.29) is 35.5 Å². The molecule has 1 aliphatic rings. The Morgan fingerprint density at radius 1 is 1.18 bits per heavy atom. The van der Waals surface area contributed by atoms with Gasteiger partial charge in [0.2, 0.25) is 11.8 Å². The molecule has 0 spiro atoms. The molecular weight excluding hydrogens is 538 g/mol. The van der Waals surface area contributed by atoms with Gasteiger partial charge in [0.1, 0.15) is 6.04 Å². The van der Waals surface area contributed by atoms with Crippen LogP contribution in [0.15, 0.2) is 24.3 Å². The molecule has 0 aromatic carbocycles. The molecule has 0 radical (unpaired) electrons. The second-order valence-corrected chi connectivity index (χ2v) is 10.9. The Morgan fingerprint density at radius 3 is 2.55 bits per heavy atom. The Balaban J connectivity index is 0.00000106. The lowest BCUT2D eigenvalue weighted by atomic mass is 10.1. The molecule has 1 fully saturated rings. The number of allylic oxidation sites excluding steroid dienone is 2. The molecule has 0 aromatic heterocycles. The minimum absolute atomic E-state index is 0.0209. The first kappa shape index (κ1) is 37.1. The van der Waals surface area contributed by atoms with Gasteiger partial charge in [-0.05, 0) is 70.6 Å². The Kier molecular flexibility index (Phi) is 22.2. The lowest BCUT2D eigenvalue weighted by Crippen LogP contribution is -2.46. The van der Waals surface area contributed by atoms with Crippen LogP contribution in [0.2, 0.25) is 0 Å². The van der Waals surface area contributed by atoms with Crippen LogP contribution in [-0.2, 0) is 28.8 Å². The largest absolute Gasteiger partial charge is 0.468 e. The summed E-state index contributed by atoms with van der Waals surface area (Å²) < 4.78 is 4.41. The molecule has 1 rings (SSSR count). The molecule has 0 aromatic rings. The van der Waals surface area contributed by atoms with Crippen molar-refractivity contribution in [3.05, 3.63) is 34.4 Å². The smallest absolute Gasteiger partial charge is 0.294 e. The van der Waals surface area contributed by atoms with Crippen LogP contribution < -0.4 is 5.32 Å². The van der Waals surface area contributed by atoms with E-state index >= 15 is 0 Å². The van der Waals surface area contributed by atoms with Crippen LogP contribution in [0.1, 0.15) is 85.0 Å². The number of ether oxygens (including phenoxy) is 1. The Bertz CT molecular complexity index is 821. The van der Waals surface area contributed by atoms with Crippen molar-refractivity contribution < 1.29 is 33.8 Å². The maximum absolute atomic E-state index is 12.6. The van der Waals surface area contributed by atoms with Crippen molar-refractivity contribution in [3.63, 3.8) is 0 Å². The van der Waals surface area contributed by atoms with Crippen LogP contribution in [0.5, 0.6) is 0 Å². The van der Waals surface area contributed by atoms with E-state index in [0.717, 1.165) is 44.9 Å². The van der Waals surface area contributed by atoms with Gasteiger partial charge >= 0.3 is 0 Å². The van der Waals surface area contributed by atoms with Crippen molar-refractivity contribution in [3.8, 4) is 0 Å². The van der Waals surface area contributed by atoms with E-state index in [9.17, 15) is 29.3 Å². The highest BCUT2D eigenvalue weighted by Crippen LogP contribution is 2.21. The molecule has 1 N–H and O–H groups in total. The topological polar surface area (TPSA) is 145 Å². The van der Waals surface area contributed by atoms with Crippen molar-refractivity contribution in [2.75, 3.05) is 32.1 Å². The summed E-state index contributed by atoms with van der Waals surface area (Å²) in [4.78, 5) is 61.3. The van der Waals surface area contributed by atoms with Gasteiger partial charge in [0.25, 0.3) is 11.6 Å². The molecule has 0 bridgehead atoms. The molecule has 1 aliphatic heterocycles. The lowest BCUT2D eigenvalue weighted by molar-refractivity contribution is -0.757. The SMILES string of the molecule is C=CCCC/C=C(\C)CCNC(=O)[C@@H]1CCCN1C(=O)C[C@H](C)CSC(C)=O.O=COCCCCCO[N+](=O)[O-]. The summed E-state index contributed by atoms with van der Waals surface area (Å²) in [6.07, 6.45) is 12.2. The van der Waals surface area contributed by atoms with Crippen molar-refractivity contribution >= 4 is 35.2 Å². The standard InChI is InChI=1S/C22H36N2O3S.C6H11NO5/c1-5-6-7-8-10-17(2)12-13-23-22(27)20-11-9-14-24(20)21(26)15-18(3)16-28-19(4)25;8-6-11-4-2-1-3-5-12-7(9)10/h5,10,18,20H,1,6-9,11-16H2,2-4H3,(H,23,27);6H,1-5H2/b17-10+;/t18-,20-;/m0./s1. The fraction of sp³-hybridized carbons (Fsp3) is 0.714. The van der Waals surface area contributed by atoms with Gasteiger partial charge in [-0.15, -0.1) is 16.7 Å². The molecule has 2 atom stereocenters. The number of nitrogens with zero attached hydrogens (tertiary/aromatic N) is 2. The van der Waals surface area contributed by atoms with Crippen molar-refractivity contribution in [1.29, 1.82) is 0 Å². The first-order chi connectivity index (χ1) is 19.1. The number of nitrogens with one attached hydrogen (secondary N) is 1. The third-order valence-corrected chi connectivity index (χ3v) is 7.21. The number of hydrogen-bond acceptors (Lipinski definition) is 9. The molecule has 1 saturated heterocycles. The Morgan fingerprint density at radius 2 is 1.90 bits per heavy atom. The molecule has 0 saturated carbocycles. The molecule has 11 nitrogen and oxygen atoms in total. The van der Waals surface area contributed by atoms with E-state index in [1.807, 2.05) is 13.0 Å². The highest BCUT2D eigenvalue weighted by Gasteiger charge is 2.34. The average Bonchev–Trinajstić information content (AvgIpc) is 3.40. The predicted octanol–water partition coefficient (Wildman–Crippen LogP) is 4.63. The normalized spacial score (nSPS) is 15.3. The van der Waals surface area contributed by atoms with Gasteiger partial charge in [-0.3, -0.25) is 19.2 Å². The number of thioether (sulfide) groups is 1. The van der Waals surface area contributed by atoms with E-state index < -0.39 is 5.09 Å². The van der Waals surface area contributed by atoms with Crippen molar-refractivity contribution in [2.45, 2.75) is 91.0 Å². The third-order valence-electron chi connectivity index (χ3n) is 6.06. The summed E-state index contributed by atoms with van der Waals surface area (Å²) in [6, 6.07) is -0.350. The fourth-order valence-electron chi connectivity index (χ4n) is 3.94. The zero-order valence-corrected chi connectivity index (χ0v) is 25.1. The van der Waals surface area contributed by atoms with Crippen LogP contribution >= 0.6 is 11.8 Å². The first-order valence-corrected chi connectivity index (χ1v) is 14.9. The van der Waals surface area contributed by atoms with Crippen LogP contribution in [0.3, 0.4) is 0 Å². The van der Waals surface area contributed by atoms with Gasteiger partial charge in [0.15, 0.2) is 5.12 Å². The summed E-state index contributed by atoms with van der Waals surface area (Å²) >= 11 is 1.25. The van der Waals surface area contributed by atoms with Crippen LogP contribution in [0, 0.1) is 16.0 Å². The van der Waals surface area contributed by atoms with E-state index in [2.05, 4.69) is 34.5 Å². The zero-order valence-electron chi connectivity index (χ0n) is 24.3. The summed E-state index contributed by atoms with van der Waals surface area (Å²) in [7, 11) is 0. The van der Waals surface area contributed by atoms with Gasteiger partial charge in [0.05, 0.1) is 13.2 Å². The number of likely N-dealkylation sites (tertiary alicyclic amines) is 1. The summed E-state index contributed by atoms with van der Waals surface area (Å²) in [5, 5.41) is 11.9. The Labute approximate surface area is 242 Å². The van der Waals surface area contributed by atoms with Gasteiger partial charge in [-0.25, -0.2) is 0 Å². The van der Waals surface area contributed by atoms with Gasteiger partial charge in [-0.2, -0.15) is 0 Å². The summed E-state index contributed by atoms with van der Waals surface area (Å²) in [5.41, 5.74) is 1.28. The number of hydrogen-bond donors (Lipinski definition) is 1. The second-order valence-electron chi connectivity index (χ2n) is 9.75. The number of carbonyl (C=O) groups is 4. The number of rotatable bonds is 20. The average molecular weight is 586 g/mol. The van der Waals surface area contributed by atoms with Crippen LogP contribution in [0.4, 0.5) is 0 Å². The quantitative estimate of drug-likeness (QED) is 0.0710. The van der Waals surface area contributed by atoms with Crippen LogP contribution in [-0.4, -0.2) is 71.5 Å². The lowest BCUT2D eigenvalue weighted by Gasteiger charge is -2.25. The van der Waals surface area contributed by atoms with E-state index in [1.165, 1.54) is 24.3 Å². The molecule has 0 unspecified atom stereocenters. The maximum atomic E-state index is 12.6. The van der Waals surface area contributed by atoms with Gasteiger partial charge in [0, 0.05) is 32.2 Å². The number of unbranched alkanes of at least 4 members (excludes halogenated alkanes) is 4. The highest BCUT2D eigenvalue weighted by atomic mass is 32.2. The van der Waals surface area contributed by atoms with Crippen molar-refractivity contribution in [2.24, 2.45) is 5.92 Å². The second kappa shape index (κ2) is 24.0. The molecule has 12 heteroatoms. The maximum Gasteiger partial charge on any atom is 0.294 e. The molecule has 2 amide bonds. The highest BCUT2D eigenvalue weighted by molar-refractivity contribution is 8.13. The summed E-state index contributed by atoms with van der Waals surface area (Å²) in [5.74, 6) is 0.743. The van der Waals surface area contributed by atoms with E-state index in [1.54, 1.807) is 4.90 Å². The van der Waals surface area contributed by atoms with Gasteiger partial charge < -0.3 is 19.8 Å². The molecular formula is C28H47N3O8S. The monoisotopic (exact) mass is 585 g/mol. The summed E-state index contributed by atoms with van der Waals surface area (Å²) in [6.45, 7) is 11.4. The third kappa shape index (κ3) is 20.1. The van der Waals surface area contributed by atoms with Gasteiger partial charge in [-0.1, -0.05) is 36.4 Å². The number of carbonyl (C=O) groups excluding carboxylic acids is 4. The predicted molar refractivity (Wildman–Crippen MR) is 156 cm³/mol. The minimum Gasteiger partial charge on any atom is -0.468 e. The molecule has 40 heavy (non-hydrogen) atoms. The van der Waals surface area contributed by atoms with E-state index in [4.69, 9.17) is 0 Å². The minimum atomic E-state index is -0.818. The Hall–Kier alpha value is -2.89. The molecule has 228 valence electrons.